The summed E-state index contributed by atoms with van der Waals surface area (Å²) in [6.45, 7) is 2.63. The van der Waals surface area contributed by atoms with Gasteiger partial charge in [-0.1, -0.05) is 12.1 Å². The number of aryl methyl sites for hydroxylation is 2. The van der Waals surface area contributed by atoms with Crippen molar-refractivity contribution in [2.24, 2.45) is 0 Å². The third-order valence-corrected chi connectivity index (χ3v) is 9.03. The van der Waals surface area contributed by atoms with Gasteiger partial charge in [0.2, 0.25) is 15.9 Å². The first-order valence-electron chi connectivity index (χ1n) is 11.2. The molecule has 174 valence electrons. The molecule has 0 saturated carbocycles. The fraction of sp³-hybridized carbons (Fsp3) is 0.391. The van der Waals surface area contributed by atoms with E-state index in [9.17, 15) is 13.2 Å². The van der Waals surface area contributed by atoms with Crippen molar-refractivity contribution in [3.63, 3.8) is 0 Å². The predicted molar refractivity (Wildman–Crippen MR) is 128 cm³/mol. The molecule has 3 aromatic rings. The minimum absolute atomic E-state index is 0.127. The largest absolute Gasteiger partial charge is 0.310 e. The van der Waals surface area contributed by atoms with Crippen molar-refractivity contribution in [1.29, 1.82) is 0 Å². The van der Waals surface area contributed by atoms with E-state index >= 15 is 0 Å². The molecule has 0 radical (unpaired) electrons. The normalized spacial score (nSPS) is 17.2. The van der Waals surface area contributed by atoms with Crippen LogP contribution in [0.3, 0.4) is 0 Å². The lowest BCUT2D eigenvalue weighted by Crippen LogP contribution is -2.50. The van der Waals surface area contributed by atoms with E-state index in [-0.39, 0.29) is 12.5 Å². The lowest BCUT2D eigenvalue weighted by Gasteiger charge is -2.33. The van der Waals surface area contributed by atoms with Gasteiger partial charge in [0, 0.05) is 37.1 Å². The Hall–Kier alpha value is -2.53. The van der Waals surface area contributed by atoms with Gasteiger partial charge in [-0.05, 0) is 54.0 Å². The van der Waals surface area contributed by atoms with Crippen LogP contribution < -0.4 is 5.32 Å². The first kappa shape index (κ1) is 22.3. The van der Waals surface area contributed by atoms with Gasteiger partial charge in [-0.25, -0.2) is 13.1 Å². The van der Waals surface area contributed by atoms with Crippen molar-refractivity contribution in [3.8, 4) is 0 Å². The summed E-state index contributed by atoms with van der Waals surface area (Å²) in [4.78, 5) is 16.2. The number of sulfonamides is 1. The Morgan fingerprint density at radius 1 is 1.06 bits per heavy atom. The van der Waals surface area contributed by atoms with E-state index in [2.05, 4.69) is 10.4 Å². The molecule has 1 amide bonds. The van der Waals surface area contributed by atoms with Gasteiger partial charge < -0.3 is 5.32 Å². The molecule has 1 N–H and O–H groups in total. The summed E-state index contributed by atoms with van der Waals surface area (Å²) in [6, 6.07) is 11.3. The highest BCUT2D eigenvalue weighted by atomic mass is 32.2. The van der Waals surface area contributed by atoms with E-state index in [0.717, 1.165) is 29.7 Å². The van der Waals surface area contributed by atoms with Gasteiger partial charge in [0.05, 0.1) is 24.2 Å². The predicted octanol–water partition coefficient (Wildman–Crippen LogP) is 2.43. The second-order valence-corrected chi connectivity index (χ2v) is 11.4. The van der Waals surface area contributed by atoms with E-state index in [0.29, 0.717) is 43.4 Å². The Morgan fingerprint density at radius 2 is 1.88 bits per heavy atom. The Bertz CT molecular complexity index is 1230. The van der Waals surface area contributed by atoms with Gasteiger partial charge in [0.1, 0.15) is 5.82 Å². The van der Waals surface area contributed by atoms with Gasteiger partial charge in [0.25, 0.3) is 0 Å². The summed E-state index contributed by atoms with van der Waals surface area (Å²) >= 11 is 1.65. The Morgan fingerprint density at radius 3 is 2.67 bits per heavy atom. The molecule has 1 aromatic carbocycles. The standard InChI is InChI=1S/C23H27N5O3S2/c29-23(25-22-8-9-24-28(22)16-20-5-2-14-32-20)17-26-10-12-27(13-11-26)33(30,31)21-7-6-18-3-1-4-19(18)15-21/h2,5-9,14-15H,1,3-4,10-13,16-17H2,(H,25,29). The molecular weight excluding hydrogens is 458 g/mol. The molecule has 0 unspecified atom stereocenters. The molecular formula is C23H27N5O3S2. The number of benzene rings is 1. The third-order valence-electron chi connectivity index (χ3n) is 6.28. The number of amides is 1. The van der Waals surface area contributed by atoms with Crippen LogP contribution in [-0.4, -0.2) is 66.0 Å². The number of hydrogen-bond donors (Lipinski definition) is 1. The second-order valence-electron chi connectivity index (χ2n) is 8.47. The van der Waals surface area contributed by atoms with Crippen molar-refractivity contribution >= 4 is 33.1 Å². The molecule has 2 aliphatic rings. The van der Waals surface area contributed by atoms with Crippen LogP contribution in [0.1, 0.15) is 22.4 Å². The number of carbonyl (C=O) groups is 1. The zero-order valence-corrected chi connectivity index (χ0v) is 19.9. The fourth-order valence-electron chi connectivity index (χ4n) is 4.49. The number of piperazine rings is 1. The van der Waals surface area contributed by atoms with Gasteiger partial charge in [0.15, 0.2) is 0 Å². The van der Waals surface area contributed by atoms with E-state index in [1.54, 1.807) is 34.3 Å². The van der Waals surface area contributed by atoms with Crippen molar-refractivity contribution < 1.29 is 13.2 Å². The summed E-state index contributed by atoms with van der Waals surface area (Å²) in [6.07, 6.45) is 4.75. The van der Waals surface area contributed by atoms with E-state index in [4.69, 9.17) is 0 Å². The van der Waals surface area contributed by atoms with Gasteiger partial charge >= 0.3 is 0 Å². The zero-order chi connectivity index (χ0) is 22.8. The first-order valence-corrected chi connectivity index (χ1v) is 13.5. The number of thiophene rings is 1. The Kier molecular flexibility index (Phi) is 6.33. The van der Waals surface area contributed by atoms with Crippen LogP contribution in [0.25, 0.3) is 0 Å². The van der Waals surface area contributed by atoms with Gasteiger partial charge in [-0.15, -0.1) is 11.3 Å². The van der Waals surface area contributed by atoms with Crippen molar-refractivity contribution in [2.45, 2.75) is 30.7 Å². The highest BCUT2D eigenvalue weighted by Crippen LogP contribution is 2.26. The zero-order valence-electron chi connectivity index (χ0n) is 18.3. The summed E-state index contributed by atoms with van der Waals surface area (Å²) in [5.74, 6) is 0.532. The number of rotatable bonds is 7. The molecule has 0 atom stereocenters. The highest BCUT2D eigenvalue weighted by Gasteiger charge is 2.30. The van der Waals surface area contributed by atoms with Gasteiger partial charge in [-0.2, -0.15) is 9.40 Å². The van der Waals surface area contributed by atoms with Crippen molar-refractivity contribution in [3.05, 3.63) is 64.0 Å². The number of nitrogens with zero attached hydrogens (tertiary/aromatic N) is 4. The van der Waals surface area contributed by atoms with Crippen LogP contribution >= 0.6 is 11.3 Å². The van der Waals surface area contributed by atoms with Gasteiger partial charge in [-0.3, -0.25) is 9.69 Å². The average molecular weight is 486 g/mol. The summed E-state index contributed by atoms with van der Waals surface area (Å²) in [5, 5.41) is 9.25. The number of aromatic nitrogens is 2. The summed E-state index contributed by atoms with van der Waals surface area (Å²) in [5.41, 5.74) is 2.42. The van der Waals surface area contributed by atoms with Crippen molar-refractivity contribution in [1.82, 2.24) is 19.0 Å². The molecule has 1 aliphatic heterocycles. The fourth-order valence-corrected chi connectivity index (χ4v) is 6.65. The third kappa shape index (κ3) is 4.89. The summed E-state index contributed by atoms with van der Waals surface area (Å²) < 4.78 is 29.5. The molecule has 33 heavy (non-hydrogen) atoms. The molecule has 1 saturated heterocycles. The maximum atomic E-state index is 13.1. The quantitative estimate of drug-likeness (QED) is 0.555. The van der Waals surface area contributed by atoms with E-state index in [1.807, 2.05) is 34.5 Å². The van der Waals surface area contributed by atoms with Crippen molar-refractivity contribution in [2.75, 3.05) is 38.0 Å². The Labute approximate surface area is 197 Å². The number of anilines is 1. The maximum absolute atomic E-state index is 13.1. The number of nitrogens with one attached hydrogen (secondary N) is 1. The summed E-state index contributed by atoms with van der Waals surface area (Å²) in [7, 11) is -3.51. The number of fused-ring (bicyclic) bond motifs is 1. The SMILES string of the molecule is O=C(CN1CCN(S(=O)(=O)c2ccc3c(c2)CCC3)CC1)Nc1ccnn1Cc1cccs1. The van der Waals surface area contributed by atoms with Crippen LogP contribution in [0, 0.1) is 0 Å². The lowest BCUT2D eigenvalue weighted by molar-refractivity contribution is -0.117. The average Bonchev–Trinajstić information content (AvgIpc) is 3.57. The van der Waals surface area contributed by atoms with E-state index < -0.39 is 10.0 Å². The Balaban J connectivity index is 1.15. The molecule has 2 aromatic heterocycles. The molecule has 0 spiro atoms. The van der Waals surface area contributed by atoms with E-state index in [1.165, 1.54) is 9.87 Å². The molecule has 8 nitrogen and oxygen atoms in total. The van der Waals surface area contributed by atoms with Crippen LogP contribution in [0.5, 0.6) is 0 Å². The van der Waals surface area contributed by atoms with Crippen LogP contribution in [0.2, 0.25) is 0 Å². The van der Waals surface area contributed by atoms with Crippen LogP contribution in [-0.2, 0) is 34.2 Å². The minimum Gasteiger partial charge on any atom is -0.310 e. The molecule has 1 fully saturated rings. The number of hydrogen-bond acceptors (Lipinski definition) is 6. The molecule has 10 heteroatoms. The first-order chi connectivity index (χ1) is 16.0. The number of carbonyl (C=O) groups excluding carboxylic acids is 1. The lowest BCUT2D eigenvalue weighted by atomic mass is 10.1. The molecule has 1 aliphatic carbocycles. The van der Waals surface area contributed by atoms with Crippen LogP contribution in [0.15, 0.2) is 52.9 Å². The van der Waals surface area contributed by atoms with Crippen LogP contribution in [0.4, 0.5) is 5.82 Å². The smallest absolute Gasteiger partial charge is 0.243 e. The monoisotopic (exact) mass is 485 g/mol. The minimum atomic E-state index is -3.51. The maximum Gasteiger partial charge on any atom is 0.243 e. The second kappa shape index (κ2) is 9.38. The molecule has 5 rings (SSSR count). The molecule has 0 bridgehead atoms. The molecule has 3 heterocycles. The highest BCUT2D eigenvalue weighted by molar-refractivity contribution is 7.89. The topological polar surface area (TPSA) is 87.5 Å².